The van der Waals surface area contributed by atoms with E-state index in [0.717, 1.165) is 18.2 Å². The molecular formula is C16H13ClF3N3O4. The molecule has 2 aromatic rings. The summed E-state index contributed by atoms with van der Waals surface area (Å²) >= 11 is 5.53. The summed E-state index contributed by atoms with van der Waals surface area (Å²) in [7, 11) is 1.32. The van der Waals surface area contributed by atoms with Gasteiger partial charge in [-0.2, -0.15) is 13.2 Å². The fourth-order valence-electron chi connectivity index (χ4n) is 2.14. The molecule has 0 saturated heterocycles. The van der Waals surface area contributed by atoms with Crippen molar-refractivity contribution < 1.29 is 27.6 Å². The van der Waals surface area contributed by atoms with Crippen LogP contribution in [-0.2, 0) is 11.0 Å². The molecule has 2 aromatic carbocycles. The standard InChI is InChI=1S/C16H13ClF3N3O4/c1-27-14-5-3-10(23(25)26)7-13(14)22-15(24)8-21-9-2-4-12(17)11(6-9)16(18,19)20/h2-7,21H,8H2,1H3,(H,22,24). The number of carbonyl (C=O) groups excluding carboxylic acids is 1. The lowest BCUT2D eigenvalue weighted by atomic mass is 10.2. The van der Waals surface area contributed by atoms with Crippen molar-refractivity contribution in [1.29, 1.82) is 0 Å². The topological polar surface area (TPSA) is 93.5 Å². The second kappa shape index (κ2) is 8.12. The molecule has 1 amide bonds. The van der Waals surface area contributed by atoms with Crippen LogP contribution in [0.1, 0.15) is 5.56 Å². The molecule has 0 aliphatic rings. The van der Waals surface area contributed by atoms with Gasteiger partial charge >= 0.3 is 6.18 Å². The number of non-ortho nitro benzene ring substituents is 1. The molecule has 0 spiro atoms. The summed E-state index contributed by atoms with van der Waals surface area (Å²) in [6, 6.07) is 6.77. The molecular weight excluding hydrogens is 391 g/mol. The van der Waals surface area contributed by atoms with Gasteiger partial charge in [-0.05, 0) is 24.3 Å². The van der Waals surface area contributed by atoms with Gasteiger partial charge in [0.25, 0.3) is 5.69 Å². The minimum atomic E-state index is -4.63. The number of hydrogen-bond acceptors (Lipinski definition) is 5. The van der Waals surface area contributed by atoms with Crippen LogP contribution in [0.2, 0.25) is 5.02 Å². The molecule has 0 saturated carbocycles. The Morgan fingerprint density at radius 1 is 1.26 bits per heavy atom. The van der Waals surface area contributed by atoms with E-state index in [9.17, 15) is 28.1 Å². The number of nitro groups is 1. The Balaban J connectivity index is 2.09. The molecule has 0 heterocycles. The molecule has 144 valence electrons. The molecule has 0 fully saturated rings. The largest absolute Gasteiger partial charge is 0.495 e. The maximum Gasteiger partial charge on any atom is 0.417 e. The number of benzene rings is 2. The molecule has 0 aliphatic carbocycles. The van der Waals surface area contributed by atoms with Gasteiger partial charge < -0.3 is 15.4 Å². The predicted molar refractivity (Wildman–Crippen MR) is 93.2 cm³/mol. The zero-order valence-corrected chi connectivity index (χ0v) is 14.5. The smallest absolute Gasteiger partial charge is 0.417 e. The number of amides is 1. The van der Waals surface area contributed by atoms with Gasteiger partial charge in [-0.1, -0.05) is 11.6 Å². The molecule has 27 heavy (non-hydrogen) atoms. The zero-order valence-electron chi connectivity index (χ0n) is 13.8. The normalized spacial score (nSPS) is 11.0. The maximum absolute atomic E-state index is 12.8. The maximum atomic E-state index is 12.8. The van der Waals surface area contributed by atoms with Crippen LogP contribution in [0.25, 0.3) is 0 Å². The summed E-state index contributed by atoms with van der Waals surface area (Å²) in [6.07, 6.45) is -4.63. The lowest BCUT2D eigenvalue weighted by Crippen LogP contribution is -2.22. The van der Waals surface area contributed by atoms with Crippen LogP contribution in [0.4, 0.5) is 30.2 Å². The van der Waals surface area contributed by atoms with E-state index < -0.39 is 27.6 Å². The Morgan fingerprint density at radius 2 is 1.96 bits per heavy atom. The van der Waals surface area contributed by atoms with E-state index in [2.05, 4.69) is 10.6 Å². The number of rotatable bonds is 6. The third-order valence-corrected chi connectivity index (χ3v) is 3.72. The van der Waals surface area contributed by atoms with Crippen molar-refractivity contribution in [3.05, 3.63) is 57.1 Å². The SMILES string of the molecule is COc1ccc([N+](=O)[O-])cc1NC(=O)CNc1ccc(Cl)c(C(F)(F)F)c1. The van der Waals surface area contributed by atoms with Crippen LogP contribution >= 0.6 is 11.6 Å². The monoisotopic (exact) mass is 403 g/mol. The highest BCUT2D eigenvalue weighted by molar-refractivity contribution is 6.31. The highest BCUT2D eigenvalue weighted by Crippen LogP contribution is 2.36. The molecule has 0 bridgehead atoms. The fourth-order valence-corrected chi connectivity index (χ4v) is 2.36. The minimum absolute atomic E-state index is 0.0351. The van der Waals surface area contributed by atoms with Crippen molar-refractivity contribution in [2.45, 2.75) is 6.18 Å². The molecule has 11 heteroatoms. The summed E-state index contributed by atoms with van der Waals surface area (Å²) in [5, 5.41) is 15.3. The van der Waals surface area contributed by atoms with Crippen molar-refractivity contribution in [1.82, 2.24) is 0 Å². The Hall–Kier alpha value is -3.01. The van der Waals surface area contributed by atoms with Crippen molar-refractivity contribution in [2.75, 3.05) is 24.3 Å². The number of hydrogen-bond donors (Lipinski definition) is 2. The Morgan fingerprint density at radius 3 is 2.56 bits per heavy atom. The van der Waals surface area contributed by atoms with Gasteiger partial charge in [0.05, 0.1) is 34.9 Å². The van der Waals surface area contributed by atoms with E-state index in [1.807, 2.05) is 0 Å². The average molecular weight is 404 g/mol. The van der Waals surface area contributed by atoms with Crippen LogP contribution in [0, 0.1) is 10.1 Å². The van der Waals surface area contributed by atoms with Crippen LogP contribution < -0.4 is 15.4 Å². The first-order valence-electron chi connectivity index (χ1n) is 7.34. The fraction of sp³-hybridized carbons (Fsp3) is 0.188. The first-order valence-corrected chi connectivity index (χ1v) is 7.72. The molecule has 2 N–H and O–H groups in total. The van der Waals surface area contributed by atoms with Crippen molar-refractivity contribution in [3.8, 4) is 5.75 Å². The van der Waals surface area contributed by atoms with E-state index in [4.69, 9.17) is 16.3 Å². The lowest BCUT2D eigenvalue weighted by molar-refractivity contribution is -0.384. The lowest BCUT2D eigenvalue weighted by Gasteiger charge is -2.13. The molecule has 7 nitrogen and oxygen atoms in total. The molecule has 2 rings (SSSR count). The molecule has 0 atom stereocenters. The molecule has 0 radical (unpaired) electrons. The van der Waals surface area contributed by atoms with Gasteiger partial charge in [0.2, 0.25) is 5.91 Å². The first-order chi connectivity index (χ1) is 12.6. The average Bonchev–Trinajstić information content (AvgIpc) is 2.59. The number of anilines is 2. The van der Waals surface area contributed by atoms with E-state index >= 15 is 0 Å². The number of alkyl halides is 3. The zero-order chi connectivity index (χ0) is 20.2. The Bertz CT molecular complexity index is 874. The molecule has 0 aromatic heterocycles. The quantitative estimate of drug-likeness (QED) is 0.553. The van der Waals surface area contributed by atoms with Crippen LogP contribution in [0.3, 0.4) is 0 Å². The van der Waals surface area contributed by atoms with Crippen molar-refractivity contribution in [3.63, 3.8) is 0 Å². The van der Waals surface area contributed by atoms with E-state index in [1.165, 1.54) is 25.3 Å². The highest BCUT2D eigenvalue weighted by atomic mass is 35.5. The number of ether oxygens (including phenoxy) is 1. The van der Waals surface area contributed by atoms with Gasteiger partial charge in [0.1, 0.15) is 5.75 Å². The highest BCUT2D eigenvalue weighted by Gasteiger charge is 2.33. The summed E-state index contributed by atoms with van der Waals surface area (Å²) in [5.41, 5.74) is -1.19. The molecule has 0 unspecified atom stereocenters. The number of halogens is 4. The number of carbonyl (C=O) groups is 1. The number of nitro benzene ring substituents is 1. The summed E-state index contributed by atoms with van der Waals surface area (Å²) in [4.78, 5) is 22.2. The minimum Gasteiger partial charge on any atom is -0.495 e. The predicted octanol–water partition coefficient (Wildman–Crippen LogP) is 4.33. The second-order valence-corrected chi connectivity index (χ2v) is 5.64. The van der Waals surface area contributed by atoms with E-state index in [1.54, 1.807) is 0 Å². The number of nitrogens with one attached hydrogen (secondary N) is 2. The van der Waals surface area contributed by atoms with Crippen molar-refractivity contribution >= 4 is 34.6 Å². The Kier molecular flexibility index (Phi) is 6.11. The third-order valence-electron chi connectivity index (χ3n) is 3.39. The number of methoxy groups -OCH3 is 1. The van der Waals surface area contributed by atoms with E-state index in [-0.39, 0.29) is 29.4 Å². The summed E-state index contributed by atoms with van der Waals surface area (Å²) < 4.78 is 43.5. The van der Waals surface area contributed by atoms with Gasteiger partial charge in [0.15, 0.2) is 0 Å². The third kappa shape index (κ3) is 5.23. The van der Waals surface area contributed by atoms with Gasteiger partial charge in [-0.15, -0.1) is 0 Å². The van der Waals surface area contributed by atoms with Crippen LogP contribution in [-0.4, -0.2) is 24.5 Å². The molecule has 0 aliphatic heterocycles. The van der Waals surface area contributed by atoms with Gasteiger partial charge in [0, 0.05) is 17.8 Å². The van der Waals surface area contributed by atoms with Crippen LogP contribution in [0.15, 0.2) is 36.4 Å². The second-order valence-electron chi connectivity index (χ2n) is 5.24. The number of nitrogens with zero attached hydrogens (tertiary/aromatic N) is 1. The van der Waals surface area contributed by atoms with Crippen LogP contribution in [0.5, 0.6) is 5.75 Å². The summed E-state index contributed by atoms with van der Waals surface area (Å²) in [6.45, 7) is -0.384. The van der Waals surface area contributed by atoms with Gasteiger partial charge in [-0.25, -0.2) is 0 Å². The summed E-state index contributed by atoms with van der Waals surface area (Å²) in [5.74, 6) is -0.447. The van der Waals surface area contributed by atoms with E-state index in [0.29, 0.717) is 0 Å². The van der Waals surface area contributed by atoms with Gasteiger partial charge in [-0.3, -0.25) is 14.9 Å². The van der Waals surface area contributed by atoms with Crippen molar-refractivity contribution in [2.24, 2.45) is 0 Å². The first kappa shape index (κ1) is 20.3. The Labute approximate surface area is 156 Å².